The van der Waals surface area contributed by atoms with Crippen LogP contribution in [0.5, 0.6) is 0 Å². The molecule has 2 aromatic rings. The second kappa shape index (κ2) is 6.05. The summed E-state index contributed by atoms with van der Waals surface area (Å²) >= 11 is 0.609. The van der Waals surface area contributed by atoms with Crippen molar-refractivity contribution >= 4 is 11.8 Å². The van der Waals surface area contributed by atoms with E-state index < -0.39 is 23.6 Å². The first-order valence-electron chi connectivity index (χ1n) is 6.02. The van der Waals surface area contributed by atoms with Gasteiger partial charge < -0.3 is 0 Å². The van der Waals surface area contributed by atoms with Gasteiger partial charge in [-0.15, -0.1) is 11.8 Å². The molecule has 0 amide bonds. The molecule has 0 fully saturated rings. The fourth-order valence-corrected chi connectivity index (χ4v) is 2.63. The number of thioether (sulfide) groups is 1. The van der Waals surface area contributed by atoms with Crippen molar-refractivity contribution in [3.63, 3.8) is 0 Å². The Morgan fingerprint density at radius 3 is 2.19 bits per heavy atom. The van der Waals surface area contributed by atoms with E-state index in [1.807, 2.05) is 0 Å². The third-order valence-electron chi connectivity index (χ3n) is 2.81. The van der Waals surface area contributed by atoms with Crippen LogP contribution in [-0.2, 0) is 0 Å². The first-order valence-corrected chi connectivity index (χ1v) is 7.00. The van der Waals surface area contributed by atoms with Crippen LogP contribution >= 0.6 is 11.8 Å². The fraction of sp³-hybridized carbons (Fsp3) is 0.200. The molecular weight excluding hydrogens is 307 g/mol. The third kappa shape index (κ3) is 4.20. The molecule has 0 unspecified atom stereocenters. The summed E-state index contributed by atoms with van der Waals surface area (Å²) in [6, 6.07) is 7.70. The quantitative estimate of drug-likeness (QED) is 0.525. The van der Waals surface area contributed by atoms with Crippen LogP contribution in [0.15, 0.2) is 41.3 Å². The maximum Gasteiger partial charge on any atom is 0.398 e. The van der Waals surface area contributed by atoms with Gasteiger partial charge in [-0.25, -0.2) is 8.78 Å². The van der Waals surface area contributed by atoms with Gasteiger partial charge in [0.1, 0.15) is 11.6 Å². The highest BCUT2D eigenvalue weighted by Crippen LogP contribution is 2.34. The minimum atomic E-state index is -4.29. The van der Waals surface area contributed by atoms with E-state index in [0.29, 0.717) is 27.8 Å². The zero-order chi connectivity index (χ0) is 15.6. The number of aryl methyl sites for hydroxylation is 1. The molecule has 0 saturated carbocycles. The summed E-state index contributed by atoms with van der Waals surface area (Å²) in [5.74, 6) is -2.05. The molecule has 0 nitrogen and oxygen atoms in total. The molecule has 0 atom stereocenters. The lowest BCUT2D eigenvalue weighted by Gasteiger charge is -2.11. The summed E-state index contributed by atoms with van der Waals surface area (Å²) in [5, 5.41) is 0. The van der Waals surface area contributed by atoms with Gasteiger partial charge in [-0.1, -0.05) is 12.1 Å². The van der Waals surface area contributed by atoms with Gasteiger partial charge in [-0.05, 0) is 42.3 Å². The van der Waals surface area contributed by atoms with Crippen LogP contribution in [0, 0.1) is 18.6 Å². The molecule has 0 heterocycles. The molecular formula is C15H11F5S. The van der Waals surface area contributed by atoms with Crippen molar-refractivity contribution in [2.75, 3.05) is 5.75 Å². The molecule has 6 heteroatoms. The molecule has 0 aliphatic heterocycles. The van der Waals surface area contributed by atoms with Crippen molar-refractivity contribution < 1.29 is 22.0 Å². The lowest BCUT2D eigenvalue weighted by atomic mass is 10.0. The minimum Gasteiger partial charge on any atom is -0.207 e. The van der Waals surface area contributed by atoms with E-state index >= 15 is 0 Å². The van der Waals surface area contributed by atoms with Crippen LogP contribution in [0.3, 0.4) is 0 Å². The van der Waals surface area contributed by atoms with E-state index in [1.165, 1.54) is 36.4 Å². The van der Waals surface area contributed by atoms with Crippen LogP contribution in [0.2, 0.25) is 0 Å². The molecule has 0 bridgehead atoms. The molecule has 0 radical (unpaired) electrons. The van der Waals surface area contributed by atoms with Gasteiger partial charge in [0.2, 0.25) is 0 Å². The predicted octanol–water partition coefficient (Wildman–Crippen LogP) is 5.59. The Morgan fingerprint density at radius 2 is 1.62 bits per heavy atom. The van der Waals surface area contributed by atoms with Crippen LogP contribution in [-0.4, -0.2) is 11.9 Å². The number of rotatable bonds is 3. The Bertz CT molecular complexity index is 632. The van der Waals surface area contributed by atoms with E-state index in [2.05, 4.69) is 0 Å². The lowest BCUT2D eigenvalue weighted by molar-refractivity contribution is -0.105. The Kier molecular flexibility index (Phi) is 4.56. The van der Waals surface area contributed by atoms with E-state index in [-0.39, 0.29) is 5.56 Å². The maximum atomic E-state index is 14.0. The first-order chi connectivity index (χ1) is 9.76. The first kappa shape index (κ1) is 15.8. The highest BCUT2D eigenvalue weighted by Gasteiger charge is 2.27. The van der Waals surface area contributed by atoms with Gasteiger partial charge in [0.15, 0.2) is 0 Å². The molecule has 2 aromatic carbocycles. The van der Waals surface area contributed by atoms with Crippen LogP contribution in [0.25, 0.3) is 11.1 Å². The molecule has 21 heavy (non-hydrogen) atoms. The summed E-state index contributed by atoms with van der Waals surface area (Å²) in [6.07, 6.45) is -4.29. The molecule has 0 spiro atoms. The Morgan fingerprint density at radius 1 is 1.00 bits per heavy atom. The van der Waals surface area contributed by atoms with Crippen LogP contribution in [0.1, 0.15) is 5.56 Å². The molecule has 0 saturated heterocycles. The average molecular weight is 318 g/mol. The predicted molar refractivity (Wildman–Crippen MR) is 73.3 cm³/mol. The van der Waals surface area contributed by atoms with Crippen molar-refractivity contribution in [2.24, 2.45) is 0 Å². The Labute approximate surface area is 123 Å². The number of hydrogen-bond donors (Lipinski definition) is 0. The average Bonchev–Trinajstić information content (AvgIpc) is 2.38. The normalized spacial score (nSPS) is 11.7. The van der Waals surface area contributed by atoms with Crippen molar-refractivity contribution in [2.45, 2.75) is 18.0 Å². The summed E-state index contributed by atoms with van der Waals surface area (Å²) in [5.41, 5.74) is 1.01. The zero-order valence-corrected chi connectivity index (χ0v) is 11.8. The molecule has 0 N–H and O–H groups in total. The number of benzene rings is 2. The highest BCUT2D eigenvalue weighted by atomic mass is 32.2. The fourth-order valence-electron chi connectivity index (χ4n) is 1.82. The topological polar surface area (TPSA) is 0 Å². The summed E-state index contributed by atoms with van der Waals surface area (Å²) in [6.45, 7) is 1.55. The SMILES string of the molecule is Cc1cc(F)c(-c2ccc(F)cc2)cc1SCC(F)(F)F. The summed E-state index contributed by atoms with van der Waals surface area (Å²) in [7, 11) is 0. The van der Waals surface area contributed by atoms with Gasteiger partial charge in [0.05, 0.1) is 5.75 Å². The van der Waals surface area contributed by atoms with Crippen molar-refractivity contribution in [1.29, 1.82) is 0 Å². The highest BCUT2D eigenvalue weighted by molar-refractivity contribution is 7.99. The standard InChI is InChI=1S/C15H11F5S/c1-9-6-13(17)12(10-2-4-11(16)5-3-10)7-14(9)21-8-15(18,19)20/h2-7H,8H2,1H3. The molecule has 0 aliphatic carbocycles. The van der Waals surface area contributed by atoms with Crippen molar-refractivity contribution in [3.05, 3.63) is 53.6 Å². The van der Waals surface area contributed by atoms with Gasteiger partial charge in [0.25, 0.3) is 0 Å². The molecule has 0 aromatic heterocycles. The largest absolute Gasteiger partial charge is 0.398 e. The van der Waals surface area contributed by atoms with Gasteiger partial charge >= 0.3 is 6.18 Å². The molecule has 0 aliphatic rings. The van der Waals surface area contributed by atoms with E-state index in [4.69, 9.17) is 0 Å². The van der Waals surface area contributed by atoms with Gasteiger partial charge in [0, 0.05) is 10.5 Å². The van der Waals surface area contributed by atoms with Crippen LogP contribution < -0.4 is 0 Å². The summed E-state index contributed by atoms with van der Waals surface area (Å²) < 4.78 is 63.7. The van der Waals surface area contributed by atoms with E-state index in [9.17, 15) is 22.0 Å². The summed E-state index contributed by atoms with van der Waals surface area (Å²) in [4.78, 5) is 0.355. The lowest BCUT2D eigenvalue weighted by Crippen LogP contribution is -2.10. The maximum absolute atomic E-state index is 14.0. The molecule has 2 rings (SSSR count). The molecule has 112 valence electrons. The van der Waals surface area contributed by atoms with Gasteiger partial charge in [-0.3, -0.25) is 0 Å². The number of halogens is 5. The van der Waals surface area contributed by atoms with Crippen LogP contribution in [0.4, 0.5) is 22.0 Å². The second-order valence-electron chi connectivity index (χ2n) is 4.51. The van der Waals surface area contributed by atoms with E-state index in [0.717, 1.165) is 0 Å². The van der Waals surface area contributed by atoms with Crippen molar-refractivity contribution in [3.8, 4) is 11.1 Å². The third-order valence-corrected chi connectivity index (χ3v) is 4.03. The minimum absolute atomic E-state index is 0.158. The Balaban J connectivity index is 2.36. The number of hydrogen-bond acceptors (Lipinski definition) is 1. The van der Waals surface area contributed by atoms with E-state index in [1.54, 1.807) is 6.92 Å². The smallest absolute Gasteiger partial charge is 0.207 e. The van der Waals surface area contributed by atoms with Gasteiger partial charge in [-0.2, -0.15) is 13.2 Å². The van der Waals surface area contributed by atoms with Crippen molar-refractivity contribution in [1.82, 2.24) is 0 Å². The Hall–Kier alpha value is -1.56. The monoisotopic (exact) mass is 318 g/mol. The second-order valence-corrected chi connectivity index (χ2v) is 5.53. The number of alkyl halides is 3. The zero-order valence-electron chi connectivity index (χ0n) is 11.0.